The average molecular weight is 269 g/mol. The van der Waals surface area contributed by atoms with Crippen LogP contribution in [-0.4, -0.2) is 12.6 Å². The van der Waals surface area contributed by atoms with Crippen LogP contribution in [0.25, 0.3) is 0 Å². The van der Waals surface area contributed by atoms with Crippen molar-refractivity contribution in [2.45, 2.75) is 18.8 Å². The van der Waals surface area contributed by atoms with Gasteiger partial charge in [0.2, 0.25) is 5.91 Å². The van der Waals surface area contributed by atoms with E-state index in [2.05, 4.69) is 0 Å². The largest absolute Gasteiger partial charge is 0.280 e. The molecule has 1 aliphatic heterocycles. The molecule has 20 heavy (non-hydrogen) atoms. The molecule has 1 atom stereocenters. The van der Waals surface area contributed by atoms with Gasteiger partial charge in [-0.1, -0.05) is 36.4 Å². The molecule has 1 unspecified atom stereocenters. The number of hydrogen-bond donors (Lipinski definition) is 0. The summed E-state index contributed by atoms with van der Waals surface area (Å²) in [6.07, 6.45) is 0.214. The maximum absolute atomic E-state index is 12.9. The predicted octanol–water partition coefficient (Wildman–Crippen LogP) is 3.98. The summed E-state index contributed by atoms with van der Waals surface area (Å²) in [5, 5.41) is 0. The van der Waals surface area contributed by atoms with Gasteiger partial charge in [0.05, 0.1) is 17.8 Å². The molecule has 1 aliphatic rings. The Labute approximate surface area is 117 Å². The maximum atomic E-state index is 12.9. The number of carbonyl (C=O) groups excluding carboxylic acids is 1. The maximum Gasteiger partial charge on any atom is 0.242 e. The van der Waals surface area contributed by atoms with Crippen LogP contribution in [0.15, 0.2) is 54.6 Å². The molecule has 3 rings (SSSR count). The lowest BCUT2D eigenvalue weighted by Gasteiger charge is -2.23. The van der Waals surface area contributed by atoms with Gasteiger partial charge in [-0.3, -0.25) is 14.1 Å². The number of halogens is 1. The first-order valence-corrected chi connectivity index (χ1v) is 6.73. The summed E-state index contributed by atoms with van der Waals surface area (Å²) in [4.78, 5) is 14.5. The Kier molecular flexibility index (Phi) is 3.05. The average Bonchev–Trinajstić information content (AvgIpc) is 2.70. The molecule has 0 saturated carbocycles. The highest BCUT2D eigenvalue weighted by atomic mass is 19.1. The summed E-state index contributed by atoms with van der Waals surface area (Å²) in [7, 11) is 0. The molecule has 0 aliphatic carbocycles. The minimum absolute atomic E-state index is 0.0532. The van der Waals surface area contributed by atoms with Crippen LogP contribution in [-0.2, 0) is 10.2 Å². The fourth-order valence-electron chi connectivity index (χ4n) is 2.87. The molecule has 0 aromatic heterocycles. The first-order chi connectivity index (χ1) is 9.68. The van der Waals surface area contributed by atoms with Gasteiger partial charge in [-0.15, -0.1) is 0 Å². The highest BCUT2D eigenvalue weighted by Crippen LogP contribution is 2.46. The lowest BCUT2D eigenvalue weighted by atomic mass is 9.81. The van der Waals surface area contributed by atoms with E-state index in [1.54, 1.807) is 4.90 Å². The molecule has 0 fully saturated rings. The van der Waals surface area contributed by atoms with E-state index in [-0.39, 0.29) is 12.3 Å². The van der Waals surface area contributed by atoms with Gasteiger partial charge in [-0.25, -0.2) is 0 Å². The smallest absolute Gasteiger partial charge is 0.242 e. The molecular formula is C17H16FNO. The van der Waals surface area contributed by atoms with E-state index in [1.165, 1.54) is 0 Å². The molecule has 1 amide bonds. The van der Waals surface area contributed by atoms with Crippen LogP contribution in [0.4, 0.5) is 15.8 Å². The first-order valence-electron chi connectivity index (χ1n) is 6.73. The summed E-state index contributed by atoms with van der Waals surface area (Å²) in [5.41, 5.74) is 1.82. The molecule has 2 nitrogen and oxygen atoms in total. The monoisotopic (exact) mass is 269 g/mol. The Balaban J connectivity index is 2.17. The molecule has 0 N–H and O–H groups in total. The number of amides is 1. The Morgan fingerprint density at radius 1 is 1.05 bits per heavy atom. The Morgan fingerprint density at radius 3 is 2.40 bits per heavy atom. The Bertz CT molecular complexity index is 640. The number of rotatable bonds is 3. The highest BCUT2D eigenvalue weighted by molar-refractivity contribution is 6.12. The molecule has 0 radical (unpaired) electrons. The second-order valence-electron chi connectivity index (χ2n) is 5.26. The van der Waals surface area contributed by atoms with Crippen LogP contribution in [0.3, 0.4) is 0 Å². The number of hydrogen-bond acceptors (Lipinski definition) is 1. The SMILES string of the molecule is CC1(CCF)C(=O)N(c2ccccc2)c2ccccc21. The zero-order chi connectivity index (χ0) is 14.2. The number of alkyl halides is 1. The van der Waals surface area contributed by atoms with Crippen molar-refractivity contribution in [1.29, 1.82) is 0 Å². The number of benzene rings is 2. The summed E-state index contributed by atoms with van der Waals surface area (Å²) in [6, 6.07) is 17.2. The molecule has 2 aromatic rings. The van der Waals surface area contributed by atoms with Crippen molar-refractivity contribution in [2.24, 2.45) is 0 Å². The van der Waals surface area contributed by atoms with Gasteiger partial charge in [0, 0.05) is 5.69 Å². The normalized spacial score (nSPS) is 21.1. The fraction of sp³-hybridized carbons (Fsp3) is 0.235. The summed E-state index contributed by atoms with van der Waals surface area (Å²) in [5.74, 6) is -0.0532. The predicted molar refractivity (Wildman–Crippen MR) is 78.0 cm³/mol. The standard InChI is InChI=1S/C17H16FNO/c1-17(11-12-18)14-9-5-6-10-15(14)19(16(17)20)13-7-3-2-4-8-13/h2-10H,11-12H2,1H3. The van der Waals surface area contributed by atoms with Crippen LogP contribution in [0.5, 0.6) is 0 Å². The third kappa shape index (κ3) is 1.73. The zero-order valence-corrected chi connectivity index (χ0v) is 11.3. The molecule has 0 bridgehead atoms. The van der Waals surface area contributed by atoms with Crippen LogP contribution in [0.1, 0.15) is 18.9 Å². The van der Waals surface area contributed by atoms with Crippen molar-refractivity contribution in [3.63, 3.8) is 0 Å². The molecular weight excluding hydrogens is 253 g/mol. The molecule has 0 spiro atoms. The topological polar surface area (TPSA) is 20.3 Å². The van der Waals surface area contributed by atoms with Crippen LogP contribution >= 0.6 is 0 Å². The summed E-state index contributed by atoms with van der Waals surface area (Å²) >= 11 is 0. The molecule has 0 saturated heterocycles. The van der Waals surface area contributed by atoms with E-state index < -0.39 is 12.1 Å². The second-order valence-corrected chi connectivity index (χ2v) is 5.26. The van der Waals surface area contributed by atoms with E-state index in [0.717, 1.165) is 16.9 Å². The van der Waals surface area contributed by atoms with E-state index in [0.29, 0.717) is 0 Å². The molecule has 2 aromatic carbocycles. The van der Waals surface area contributed by atoms with Gasteiger partial charge in [-0.2, -0.15) is 0 Å². The van der Waals surface area contributed by atoms with Gasteiger partial charge in [-0.05, 0) is 37.1 Å². The molecule has 1 heterocycles. The number of fused-ring (bicyclic) bond motifs is 1. The number of carbonyl (C=O) groups is 1. The van der Waals surface area contributed by atoms with E-state index >= 15 is 0 Å². The van der Waals surface area contributed by atoms with Crippen molar-refractivity contribution >= 4 is 17.3 Å². The molecule has 102 valence electrons. The first kappa shape index (κ1) is 12.9. The van der Waals surface area contributed by atoms with Gasteiger partial charge in [0.15, 0.2) is 0 Å². The Morgan fingerprint density at radius 2 is 1.70 bits per heavy atom. The Hall–Kier alpha value is -2.16. The van der Waals surface area contributed by atoms with Crippen molar-refractivity contribution in [2.75, 3.05) is 11.6 Å². The highest BCUT2D eigenvalue weighted by Gasteiger charge is 2.47. The van der Waals surface area contributed by atoms with Crippen molar-refractivity contribution in [1.82, 2.24) is 0 Å². The fourth-order valence-corrected chi connectivity index (χ4v) is 2.87. The van der Waals surface area contributed by atoms with Crippen molar-refractivity contribution in [3.8, 4) is 0 Å². The van der Waals surface area contributed by atoms with Crippen LogP contribution in [0.2, 0.25) is 0 Å². The van der Waals surface area contributed by atoms with Gasteiger partial charge < -0.3 is 0 Å². The van der Waals surface area contributed by atoms with Crippen LogP contribution < -0.4 is 4.90 Å². The summed E-state index contributed by atoms with van der Waals surface area (Å²) in [6.45, 7) is 1.33. The van der Waals surface area contributed by atoms with Gasteiger partial charge in [0.25, 0.3) is 0 Å². The van der Waals surface area contributed by atoms with Crippen LogP contribution in [0, 0.1) is 0 Å². The van der Waals surface area contributed by atoms with E-state index in [1.807, 2.05) is 61.5 Å². The third-order valence-electron chi connectivity index (χ3n) is 4.02. The van der Waals surface area contributed by atoms with E-state index in [4.69, 9.17) is 0 Å². The van der Waals surface area contributed by atoms with Crippen molar-refractivity contribution < 1.29 is 9.18 Å². The quantitative estimate of drug-likeness (QED) is 0.825. The third-order valence-corrected chi connectivity index (χ3v) is 4.02. The molecule has 3 heteroatoms. The summed E-state index contributed by atoms with van der Waals surface area (Å²) < 4.78 is 12.9. The number of anilines is 2. The van der Waals surface area contributed by atoms with E-state index in [9.17, 15) is 9.18 Å². The zero-order valence-electron chi connectivity index (χ0n) is 11.3. The lowest BCUT2D eigenvalue weighted by molar-refractivity contribution is -0.122. The van der Waals surface area contributed by atoms with Gasteiger partial charge in [0.1, 0.15) is 0 Å². The van der Waals surface area contributed by atoms with Crippen molar-refractivity contribution in [3.05, 3.63) is 60.2 Å². The number of nitrogens with zero attached hydrogens (tertiary/aromatic N) is 1. The minimum atomic E-state index is -0.777. The number of para-hydroxylation sites is 2. The second kappa shape index (κ2) is 4.75. The van der Waals surface area contributed by atoms with Gasteiger partial charge >= 0.3 is 0 Å². The lowest BCUT2D eigenvalue weighted by Crippen LogP contribution is -2.36. The minimum Gasteiger partial charge on any atom is -0.280 e.